The maximum Gasteiger partial charge on any atom is 0.326 e. The maximum absolute atomic E-state index is 12.6. The third-order valence-corrected chi connectivity index (χ3v) is 4.16. The number of urea groups is 1. The van der Waals surface area contributed by atoms with Crippen LogP contribution in [0.2, 0.25) is 0 Å². The topological polar surface area (TPSA) is 89.9 Å². The first-order valence-corrected chi connectivity index (χ1v) is 9.00. The van der Waals surface area contributed by atoms with Crippen molar-refractivity contribution in [2.45, 2.75) is 31.9 Å². The predicted octanol–water partition coefficient (Wildman–Crippen LogP) is 2.32. The van der Waals surface area contributed by atoms with Crippen molar-refractivity contribution in [3.05, 3.63) is 71.8 Å². The Morgan fingerprint density at radius 2 is 1.56 bits per heavy atom. The van der Waals surface area contributed by atoms with Crippen molar-refractivity contribution in [1.29, 1.82) is 0 Å². The first-order chi connectivity index (χ1) is 13.0. The lowest BCUT2D eigenvalue weighted by Crippen LogP contribution is -2.50. The summed E-state index contributed by atoms with van der Waals surface area (Å²) in [6.07, 6.45) is 0.115. The number of nitrogens with zero attached hydrogens (tertiary/aromatic N) is 1. The maximum atomic E-state index is 12.6. The Bertz CT molecular complexity index is 719. The van der Waals surface area contributed by atoms with Gasteiger partial charge in [0.1, 0.15) is 6.04 Å². The van der Waals surface area contributed by atoms with E-state index in [0.717, 1.165) is 11.1 Å². The quantitative estimate of drug-likeness (QED) is 0.632. The molecule has 0 saturated heterocycles. The van der Waals surface area contributed by atoms with Crippen molar-refractivity contribution in [3.63, 3.8) is 0 Å². The Morgan fingerprint density at radius 3 is 2.07 bits per heavy atom. The van der Waals surface area contributed by atoms with E-state index in [9.17, 15) is 19.8 Å². The Kier molecular flexibility index (Phi) is 7.82. The Morgan fingerprint density at radius 1 is 1.00 bits per heavy atom. The van der Waals surface area contributed by atoms with Crippen molar-refractivity contribution in [2.75, 3.05) is 13.1 Å². The normalized spacial score (nSPS) is 12.8. The first-order valence-electron chi connectivity index (χ1n) is 9.00. The van der Waals surface area contributed by atoms with Crippen LogP contribution in [0.3, 0.4) is 0 Å². The van der Waals surface area contributed by atoms with E-state index in [1.54, 1.807) is 6.92 Å². The van der Waals surface area contributed by atoms with Crippen LogP contribution in [0.25, 0.3) is 0 Å². The first kappa shape index (κ1) is 20.5. The molecule has 0 spiro atoms. The number of carboxylic acids is 1. The molecule has 2 aromatic carbocycles. The molecule has 1 unspecified atom stereocenters. The minimum atomic E-state index is -1.09. The second-order valence-electron chi connectivity index (χ2n) is 6.56. The predicted molar refractivity (Wildman–Crippen MR) is 104 cm³/mol. The van der Waals surface area contributed by atoms with E-state index in [-0.39, 0.29) is 13.0 Å². The SMILES string of the molecule is CC(O)CN(CCc1ccccc1)C(=O)N[C@@H](Cc1ccccc1)C(=O)O. The number of hydrogen-bond acceptors (Lipinski definition) is 3. The molecule has 6 heteroatoms. The number of amides is 2. The van der Waals surface area contributed by atoms with E-state index >= 15 is 0 Å². The van der Waals surface area contributed by atoms with Gasteiger partial charge in [-0.3, -0.25) is 0 Å². The Hall–Kier alpha value is -2.86. The van der Waals surface area contributed by atoms with Gasteiger partial charge in [-0.05, 0) is 24.5 Å². The van der Waals surface area contributed by atoms with Gasteiger partial charge < -0.3 is 20.4 Å². The molecule has 0 aliphatic rings. The van der Waals surface area contributed by atoms with Crippen LogP contribution in [0.15, 0.2) is 60.7 Å². The molecule has 3 N–H and O–H groups in total. The molecule has 2 atom stereocenters. The van der Waals surface area contributed by atoms with Crippen molar-refractivity contribution in [2.24, 2.45) is 0 Å². The summed E-state index contributed by atoms with van der Waals surface area (Å²) >= 11 is 0. The number of benzene rings is 2. The van der Waals surface area contributed by atoms with E-state index < -0.39 is 24.1 Å². The monoisotopic (exact) mass is 370 g/mol. The van der Waals surface area contributed by atoms with E-state index in [2.05, 4.69) is 5.32 Å². The molecular formula is C21H26N2O4. The number of nitrogens with one attached hydrogen (secondary N) is 1. The summed E-state index contributed by atoms with van der Waals surface area (Å²) < 4.78 is 0. The fraction of sp³-hybridized carbons (Fsp3) is 0.333. The molecule has 6 nitrogen and oxygen atoms in total. The molecule has 0 radical (unpaired) electrons. The lowest BCUT2D eigenvalue weighted by molar-refractivity contribution is -0.139. The summed E-state index contributed by atoms with van der Waals surface area (Å²) in [5.41, 5.74) is 1.90. The summed E-state index contributed by atoms with van der Waals surface area (Å²) in [5.74, 6) is -1.09. The van der Waals surface area contributed by atoms with Gasteiger partial charge in [0.05, 0.1) is 6.10 Å². The summed E-state index contributed by atoms with van der Waals surface area (Å²) in [6, 6.07) is 17.3. The molecule has 0 fully saturated rings. The second-order valence-corrected chi connectivity index (χ2v) is 6.56. The zero-order chi connectivity index (χ0) is 19.6. The zero-order valence-corrected chi connectivity index (χ0v) is 15.4. The van der Waals surface area contributed by atoms with Gasteiger partial charge in [0.25, 0.3) is 0 Å². The van der Waals surface area contributed by atoms with Gasteiger partial charge in [0.2, 0.25) is 0 Å². The largest absolute Gasteiger partial charge is 0.480 e. The number of carboxylic acid groups (broad SMARTS) is 1. The fourth-order valence-electron chi connectivity index (χ4n) is 2.79. The average molecular weight is 370 g/mol. The van der Waals surface area contributed by atoms with Crippen LogP contribution in [0.5, 0.6) is 0 Å². The highest BCUT2D eigenvalue weighted by Gasteiger charge is 2.24. The van der Waals surface area contributed by atoms with Crippen LogP contribution in [-0.2, 0) is 17.6 Å². The number of carbonyl (C=O) groups is 2. The third kappa shape index (κ3) is 7.11. The van der Waals surface area contributed by atoms with Crippen LogP contribution in [-0.4, -0.2) is 52.3 Å². The van der Waals surface area contributed by atoms with Gasteiger partial charge in [0.15, 0.2) is 0 Å². The lowest BCUT2D eigenvalue weighted by Gasteiger charge is -2.26. The van der Waals surface area contributed by atoms with E-state index in [1.165, 1.54) is 4.90 Å². The summed E-state index contributed by atoms with van der Waals surface area (Å²) in [6.45, 7) is 2.12. The number of carbonyl (C=O) groups excluding carboxylic acids is 1. The van der Waals surface area contributed by atoms with Crippen molar-refractivity contribution in [3.8, 4) is 0 Å². The highest BCUT2D eigenvalue weighted by molar-refractivity contribution is 5.82. The molecule has 2 rings (SSSR count). The number of rotatable bonds is 9. The minimum absolute atomic E-state index is 0.135. The van der Waals surface area contributed by atoms with Gasteiger partial charge in [-0.2, -0.15) is 0 Å². The lowest BCUT2D eigenvalue weighted by atomic mass is 10.1. The van der Waals surface area contributed by atoms with Gasteiger partial charge in [0, 0.05) is 19.5 Å². The van der Waals surface area contributed by atoms with Gasteiger partial charge in [-0.1, -0.05) is 60.7 Å². The highest BCUT2D eigenvalue weighted by Crippen LogP contribution is 2.06. The summed E-state index contributed by atoms with van der Waals surface area (Å²) in [4.78, 5) is 25.7. The Balaban J connectivity index is 2.02. The van der Waals surface area contributed by atoms with Crippen LogP contribution in [0.4, 0.5) is 4.79 Å². The zero-order valence-electron chi connectivity index (χ0n) is 15.4. The minimum Gasteiger partial charge on any atom is -0.480 e. The highest BCUT2D eigenvalue weighted by atomic mass is 16.4. The van der Waals surface area contributed by atoms with Crippen LogP contribution >= 0.6 is 0 Å². The molecule has 0 saturated carbocycles. The summed E-state index contributed by atoms with van der Waals surface area (Å²) in [5, 5.41) is 21.8. The van der Waals surface area contributed by atoms with Gasteiger partial charge >= 0.3 is 12.0 Å². The van der Waals surface area contributed by atoms with Crippen molar-refractivity contribution >= 4 is 12.0 Å². The van der Waals surface area contributed by atoms with Crippen LogP contribution in [0, 0.1) is 0 Å². The van der Waals surface area contributed by atoms with Crippen LogP contribution in [0.1, 0.15) is 18.1 Å². The van der Waals surface area contributed by atoms with Crippen molar-refractivity contribution < 1.29 is 19.8 Å². The van der Waals surface area contributed by atoms with Crippen LogP contribution < -0.4 is 5.32 Å². The number of aliphatic hydroxyl groups is 1. The smallest absolute Gasteiger partial charge is 0.326 e. The van der Waals surface area contributed by atoms with Gasteiger partial charge in [-0.15, -0.1) is 0 Å². The Labute approximate surface area is 159 Å². The van der Waals surface area contributed by atoms with E-state index in [1.807, 2.05) is 60.7 Å². The number of aliphatic hydroxyl groups excluding tert-OH is 1. The van der Waals surface area contributed by atoms with Gasteiger partial charge in [-0.25, -0.2) is 9.59 Å². The fourth-order valence-corrected chi connectivity index (χ4v) is 2.79. The molecule has 0 heterocycles. The molecule has 0 bridgehead atoms. The molecule has 0 aliphatic carbocycles. The molecule has 27 heavy (non-hydrogen) atoms. The molecule has 144 valence electrons. The summed E-state index contributed by atoms with van der Waals surface area (Å²) in [7, 11) is 0. The second kappa shape index (κ2) is 10.3. The molecule has 2 aromatic rings. The molecule has 2 amide bonds. The molecule has 0 aliphatic heterocycles. The molecule has 0 aromatic heterocycles. The molecular weight excluding hydrogens is 344 g/mol. The standard InChI is InChI=1S/C21H26N2O4/c1-16(24)15-23(13-12-17-8-4-2-5-9-17)21(27)22-19(20(25)26)14-18-10-6-3-7-11-18/h2-11,16,19,24H,12-15H2,1H3,(H,22,27)(H,25,26)/t16?,19-/m0/s1. The van der Waals surface area contributed by atoms with Crippen molar-refractivity contribution in [1.82, 2.24) is 10.2 Å². The van der Waals surface area contributed by atoms with E-state index in [4.69, 9.17) is 0 Å². The average Bonchev–Trinajstić information content (AvgIpc) is 2.65. The number of aliphatic carboxylic acids is 1. The van der Waals surface area contributed by atoms with E-state index in [0.29, 0.717) is 13.0 Å². The number of hydrogen-bond donors (Lipinski definition) is 3. The third-order valence-electron chi connectivity index (χ3n) is 4.16.